The Balaban J connectivity index is 1.88. The average Bonchev–Trinajstić information content (AvgIpc) is 3.04. The molecular weight excluding hydrogens is 316 g/mol. The van der Waals surface area contributed by atoms with Crippen molar-refractivity contribution in [2.75, 3.05) is 16.2 Å². The predicted molar refractivity (Wildman–Crippen MR) is 86.8 cm³/mol. The number of anilines is 2. The van der Waals surface area contributed by atoms with Gasteiger partial charge in [0.05, 0.1) is 11.4 Å². The van der Waals surface area contributed by atoms with Crippen LogP contribution in [-0.4, -0.2) is 30.7 Å². The monoisotopic (exact) mass is 334 g/mol. The number of rotatable bonds is 4. The van der Waals surface area contributed by atoms with Gasteiger partial charge in [0.2, 0.25) is 5.91 Å². The molecule has 0 bridgehead atoms. The number of carbonyl (C=O) groups excluding carboxylic acids is 1. The number of nitrogens with zero attached hydrogens (tertiary/aromatic N) is 3. The van der Waals surface area contributed by atoms with E-state index < -0.39 is 10.0 Å². The van der Waals surface area contributed by atoms with Crippen molar-refractivity contribution in [2.24, 2.45) is 7.05 Å². The van der Waals surface area contributed by atoms with Crippen molar-refractivity contribution in [3.8, 4) is 0 Å². The van der Waals surface area contributed by atoms with Crippen LogP contribution in [-0.2, 0) is 21.9 Å². The number of hydrogen-bond acceptors (Lipinski definition) is 4. The molecule has 1 N–H and O–H groups in total. The molecule has 0 saturated carbocycles. The summed E-state index contributed by atoms with van der Waals surface area (Å²) in [5.41, 5.74) is 1.56. The molecule has 1 aliphatic rings. The van der Waals surface area contributed by atoms with Crippen molar-refractivity contribution in [1.82, 2.24) is 9.78 Å². The average molecular weight is 334 g/mol. The second-order valence-corrected chi connectivity index (χ2v) is 7.21. The van der Waals surface area contributed by atoms with E-state index in [9.17, 15) is 13.2 Å². The van der Waals surface area contributed by atoms with Crippen LogP contribution in [0.4, 0.5) is 11.4 Å². The molecule has 2 heterocycles. The maximum Gasteiger partial charge on any atom is 0.265 e. The van der Waals surface area contributed by atoms with Crippen LogP contribution in [0.15, 0.2) is 35.4 Å². The van der Waals surface area contributed by atoms with E-state index in [4.69, 9.17) is 0 Å². The van der Waals surface area contributed by atoms with E-state index in [1.165, 1.54) is 10.9 Å². The van der Waals surface area contributed by atoms with Gasteiger partial charge in [0, 0.05) is 31.9 Å². The SMILES string of the molecule is Cc1nn(C)cc1S(=O)(=O)Nc1cccc(N2CCCC2=O)c1. The number of aryl methyl sites for hydroxylation is 2. The van der Waals surface area contributed by atoms with Crippen LogP contribution in [0.25, 0.3) is 0 Å². The van der Waals surface area contributed by atoms with E-state index in [-0.39, 0.29) is 10.8 Å². The number of carbonyl (C=O) groups is 1. The zero-order valence-electron chi connectivity index (χ0n) is 13.0. The second kappa shape index (κ2) is 5.69. The zero-order chi connectivity index (χ0) is 16.6. The van der Waals surface area contributed by atoms with Crippen molar-refractivity contribution in [3.05, 3.63) is 36.2 Å². The van der Waals surface area contributed by atoms with Gasteiger partial charge in [-0.15, -0.1) is 0 Å². The Bertz CT molecular complexity index is 857. The summed E-state index contributed by atoms with van der Waals surface area (Å²) < 4.78 is 29.0. The van der Waals surface area contributed by atoms with Crippen LogP contribution >= 0.6 is 0 Å². The Kier molecular flexibility index (Phi) is 3.85. The molecule has 0 unspecified atom stereocenters. The zero-order valence-corrected chi connectivity index (χ0v) is 13.8. The predicted octanol–water partition coefficient (Wildman–Crippen LogP) is 1.66. The Morgan fingerprint density at radius 3 is 2.70 bits per heavy atom. The second-order valence-electron chi connectivity index (χ2n) is 5.56. The normalized spacial score (nSPS) is 15.2. The molecule has 1 fully saturated rings. The fraction of sp³-hybridized carbons (Fsp3) is 0.333. The summed E-state index contributed by atoms with van der Waals surface area (Å²) in [5.74, 6) is 0.0631. The maximum atomic E-state index is 12.5. The minimum atomic E-state index is -3.71. The maximum absolute atomic E-state index is 12.5. The number of amides is 1. The van der Waals surface area contributed by atoms with Crippen molar-refractivity contribution in [2.45, 2.75) is 24.7 Å². The molecule has 0 spiro atoms. The van der Waals surface area contributed by atoms with Crippen LogP contribution < -0.4 is 9.62 Å². The Morgan fingerprint density at radius 1 is 1.30 bits per heavy atom. The van der Waals surface area contributed by atoms with Crippen molar-refractivity contribution >= 4 is 27.3 Å². The van der Waals surface area contributed by atoms with E-state index in [1.54, 1.807) is 43.1 Å². The van der Waals surface area contributed by atoms with Crippen LogP contribution in [0.3, 0.4) is 0 Å². The molecular formula is C15H18N4O3S. The van der Waals surface area contributed by atoms with Gasteiger partial charge in [-0.25, -0.2) is 8.42 Å². The van der Waals surface area contributed by atoms with Crippen molar-refractivity contribution in [3.63, 3.8) is 0 Å². The first-order valence-electron chi connectivity index (χ1n) is 7.30. The smallest absolute Gasteiger partial charge is 0.265 e. The Hall–Kier alpha value is -2.35. The molecule has 7 nitrogen and oxygen atoms in total. The standard InChI is InChI=1S/C15H18N4O3S/c1-11-14(10-18(2)16-11)23(21,22)17-12-5-3-6-13(9-12)19-8-4-7-15(19)20/h3,5-6,9-10,17H,4,7-8H2,1-2H3. The Morgan fingerprint density at radius 2 is 2.09 bits per heavy atom. The minimum absolute atomic E-state index is 0.0631. The van der Waals surface area contributed by atoms with Gasteiger partial charge in [0.25, 0.3) is 10.0 Å². The third kappa shape index (κ3) is 3.07. The summed E-state index contributed by atoms with van der Waals surface area (Å²) in [4.78, 5) is 13.6. The summed E-state index contributed by atoms with van der Waals surface area (Å²) in [5, 5.41) is 4.05. The lowest BCUT2D eigenvalue weighted by Gasteiger charge is -2.17. The van der Waals surface area contributed by atoms with Gasteiger partial charge in [-0.1, -0.05) is 6.07 Å². The molecule has 1 aromatic carbocycles. The summed E-state index contributed by atoms with van der Waals surface area (Å²) in [7, 11) is -2.04. The third-order valence-corrected chi connectivity index (χ3v) is 5.23. The van der Waals surface area contributed by atoms with Crippen LogP contribution in [0.2, 0.25) is 0 Å². The van der Waals surface area contributed by atoms with Gasteiger partial charge >= 0.3 is 0 Å². The highest BCUT2D eigenvalue weighted by Crippen LogP contribution is 2.26. The number of aromatic nitrogens is 2. The third-order valence-electron chi connectivity index (χ3n) is 3.74. The van der Waals surface area contributed by atoms with E-state index >= 15 is 0 Å². The largest absolute Gasteiger partial charge is 0.312 e. The summed E-state index contributed by atoms with van der Waals surface area (Å²) in [6, 6.07) is 6.87. The van der Waals surface area contributed by atoms with Crippen molar-refractivity contribution < 1.29 is 13.2 Å². The highest BCUT2D eigenvalue weighted by molar-refractivity contribution is 7.92. The first-order chi connectivity index (χ1) is 10.9. The molecule has 0 aliphatic carbocycles. The van der Waals surface area contributed by atoms with Gasteiger partial charge in [-0.2, -0.15) is 5.10 Å². The fourth-order valence-electron chi connectivity index (χ4n) is 2.71. The number of nitrogens with one attached hydrogen (secondary N) is 1. The van der Waals surface area contributed by atoms with Gasteiger partial charge in [-0.05, 0) is 31.5 Å². The highest BCUT2D eigenvalue weighted by atomic mass is 32.2. The lowest BCUT2D eigenvalue weighted by atomic mass is 10.2. The van der Waals surface area contributed by atoms with Gasteiger partial charge in [0.15, 0.2) is 0 Å². The number of benzene rings is 1. The molecule has 23 heavy (non-hydrogen) atoms. The first-order valence-corrected chi connectivity index (χ1v) is 8.78. The van der Waals surface area contributed by atoms with Crippen LogP contribution in [0.5, 0.6) is 0 Å². The molecule has 0 atom stereocenters. The molecule has 3 rings (SSSR count). The molecule has 8 heteroatoms. The summed E-state index contributed by atoms with van der Waals surface area (Å²) in [6.07, 6.45) is 2.82. The topological polar surface area (TPSA) is 84.3 Å². The molecule has 0 radical (unpaired) electrons. The minimum Gasteiger partial charge on any atom is -0.312 e. The van der Waals surface area contributed by atoms with E-state index in [0.717, 1.165) is 6.42 Å². The van der Waals surface area contributed by atoms with Gasteiger partial charge < -0.3 is 4.90 Å². The fourth-order valence-corrected chi connectivity index (χ4v) is 3.98. The molecule has 1 aliphatic heterocycles. The molecule has 1 aromatic heterocycles. The van der Waals surface area contributed by atoms with Gasteiger partial charge in [0.1, 0.15) is 4.90 Å². The molecule has 122 valence electrons. The van der Waals surface area contributed by atoms with Gasteiger partial charge in [-0.3, -0.25) is 14.2 Å². The first kappa shape index (κ1) is 15.5. The van der Waals surface area contributed by atoms with E-state index in [2.05, 4.69) is 9.82 Å². The quantitative estimate of drug-likeness (QED) is 0.921. The molecule has 1 amide bonds. The highest BCUT2D eigenvalue weighted by Gasteiger charge is 2.23. The lowest BCUT2D eigenvalue weighted by Crippen LogP contribution is -2.23. The van der Waals surface area contributed by atoms with Crippen molar-refractivity contribution in [1.29, 1.82) is 0 Å². The summed E-state index contributed by atoms with van der Waals surface area (Å²) in [6.45, 7) is 2.31. The molecule has 2 aromatic rings. The lowest BCUT2D eigenvalue weighted by molar-refractivity contribution is -0.117. The van der Waals surface area contributed by atoms with Crippen LogP contribution in [0.1, 0.15) is 18.5 Å². The van der Waals surface area contributed by atoms with E-state index in [1.807, 2.05) is 0 Å². The van der Waals surface area contributed by atoms with E-state index in [0.29, 0.717) is 30.0 Å². The molecule has 1 saturated heterocycles. The Labute approximate surface area is 135 Å². The number of sulfonamides is 1. The van der Waals surface area contributed by atoms with Crippen LogP contribution in [0, 0.1) is 6.92 Å². The number of hydrogen-bond donors (Lipinski definition) is 1. The summed E-state index contributed by atoms with van der Waals surface area (Å²) >= 11 is 0.